The van der Waals surface area contributed by atoms with Gasteiger partial charge < -0.3 is 10.6 Å². The molecule has 2 amide bonds. The molecule has 0 aromatic heterocycles. The molecule has 0 bridgehead atoms. The molecule has 0 atom stereocenters. The second-order valence-corrected chi connectivity index (χ2v) is 6.76. The van der Waals surface area contributed by atoms with Crippen LogP contribution in [0.15, 0.2) is 54.6 Å². The summed E-state index contributed by atoms with van der Waals surface area (Å²) in [4.78, 5) is 24.7. The molecule has 2 aromatic rings. The normalized spacial score (nSPS) is 15.1. The van der Waals surface area contributed by atoms with Crippen LogP contribution < -0.4 is 10.6 Å². The fraction of sp³-hybridized carbons (Fsp3) is 0.300. The zero-order valence-electron chi connectivity index (χ0n) is 13.9. The third kappa shape index (κ3) is 3.85. The maximum atomic E-state index is 12.7. The van der Waals surface area contributed by atoms with Gasteiger partial charge in [-0.3, -0.25) is 9.59 Å². The molecule has 25 heavy (non-hydrogen) atoms. The average molecular weight is 357 g/mol. The van der Waals surface area contributed by atoms with Crippen LogP contribution in [0.25, 0.3) is 0 Å². The number of carbonyl (C=O) groups excluding carboxylic acids is 2. The number of benzene rings is 2. The fourth-order valence-corrected chi connectivity index (χ4v) is 3.28. The molecule has 0 saturated heterocycles. The summed E-state index contributed by atoms with van der Waals surface area (Å²) in [5.74, 6) is -0.127. The largest absolute Gasteiger partial charge is 0.354 e. The predicted molar refractivity (Wildman–Crippen MR) is 98.8 cm³/mol. The zero-order valence-corrected chi connectivity index (χ0v) is 14.7. The molecule has 0 radical (unpaired) electrons. The van der Waals surface area contributed by atoms with Gasteiger partial charge in [0.2, 0.25) is 5.91 Å². The summed E-state index contributed by atoms with van der Waals surface area (Å²) in [7, 11) is 0. The van der Waals surface area contributed by atoms with Crippen molar-refractivity contribution in [3.63, 3.8) is 0 Å². The molecule has 0 unspecified atom stereocenters. The first-order chi connectivity index (χ1) is 12.1. The molecule has 0 spiro atoms. The smallest absolute Gasteiger partial charge is 0.251 e. The van der Waals surface area contributed by atoms with Crippen molar-refractivity contribution in [3.8, 4) is 0 Å². The Labute approximate surface area is 152 Å². The quantitative estimate of drug-likeness (QED) is 0.780. The van der Waals surface area contributed by atoms with Crippen molar-refractivity contribution in [2.75, 3.05) is 13.1 Å². The Bertz CT molecular complexity index is 740. The molecule has 1 aliphatic rings. The van der Waals surface area contributed by atoms with Crippen molar-refractivity contribution in [2.24, 2.45) is 0 Å². The molecule has 0 heterocycles. The van der Waals surface area contributed by atoms with E-state index in [0.717, 1.165) is 24.8 Å². The predicted octanol–water partition coefficient (Wildman–Crippen LogP) is 3.31. The Morgan fingerprint density at radius 1 is 0.920 bits per heavy atom. The Balaban J connectivity index is 1.49. The minimum atomic E-state index is -0.401. The van der Waals surface area contributed by atoms with Gasteiger partial charge in [0, 0.05) is 23.7 Å². The van der Waals surface area contributed by atoms with Crippen LogP contribution >= 0.6 is 11.6 Å². The third-order valence-electron chi connectivity index (χ3n) is 4.77. The average Bonchev–Trinajstić information content (AvgIpc) is 2.59. The van der Waals surface area contributed by atoms with E-state index in [-0.39, 0.29) is 11.8 Å². The SMILES string of the molecule is O=C(NCCNC(=O)C1(c2ccccc2)CCC1)c1ccc(Cl)cc1. The first-order valence-corrected chi connectivity index (χ1v) is 8.87. The standard InChI is InChI=1S/C20H21ClN2O2/c21-17-9-7-15(8-10-17)18(24)22-13-14-23-19(25)20(11-4-12-20)16-5-2-1-3-6-16/h1-3,5-10H,4,11-14H2,(H,22,24)(H,23,25). The van der Waals surface area contributed by atoms with Crippen LogP contribution in [0.2, 0.25) is 5.02 Å². The van der Waals surface area contributed by atoms with Gasteiger partial charge in [0.15, 0.2) is 0 Å². The van der Waals surface area contributed by atoms with E-state index >= 15 is 0 Å². The van der Waals surface area contributed by atoms with Gasteiger partial charge in [-0.05, 0) is 42.7 Å². The van der Waals surface area contributed by atoms with Crippen molar-refractivity contribution >= 4 is 23.4 Å². The van der Waals surface area contributed by atoms with Gasteiger partial charge >= 0.3 is 0 Å². The first-order valence-electron chi connectivity index (χ1n) is 8.49. The van der Waals surface area contributed by atoms with Crippen LogP contribution in [-0.4, -0.2) is 24.9 Å². The van der Waals surface area contributed by atoms with Gasteiger partial charge in [0.05, 0.1) is 5.41 Å². The Hall–Kier alpha value is -2.33. The summed E-state index contributed by atoms with van der Waals surface area (Å²) in [6.07, 6.45) is 2.82. The van der Waals surface area contributed by atoms with E-state index in [0.29, 0.717) is 23.7 Å². The van der Waals surface area contributed by atoms with E-state index in [1.54, 1.807) is 24.3 Å². The topological polar surface area (TPSA) is 58.2 Å². The van der Waals surface area contributed by atoms with Gasteiger partial charge in [0.25, 0.3) is 5.91 Å². The number of amides is 2. The van der Waals surface area contributed by atoms with E-state index in [4.69, 9.17) is 11.6 Å². The van der Waals surface area contributed by atoms with E-state index in [1.165, 1.54) is 0 Å². The molecule has 5 heteroatoms. The molecule has 1 saturated carbocycles. The van der Waals surface area contributed by atoms with Crippen LogP contribution in [0.1, 0.15) is 35.2 Å². The minimum absolute atomic E-state index is 0.0469. The van der Waals surface area contributed by atoms with Gasteiger partial charge in [-0.15, -0.1) is 0 Å². The van der Waals surface area contributed by atoms with Gasteiger partial charge in [-0.25, -0.2) is 0 Å². The van der Waals surface area contributed by atoms with E-state index in [9.17, 15) is 9.59 Å². The summed E-state index contributed by atoms with van der Waals surface area (Å²) >= 11 is 5.81. The highest BCUT2D eigenvalue weighted by Crippen LogP contribution is 2.43. The highest BCUT2D eigenvalue weighted by atomic mass is 35.5. The van der Waals surface area contributed by atoms with E-state index < -0.39 is 5.41 Å². The summed E-state index contributed by atoms with van der Waals surface area (Å²) in [5, 5.41) is 6.36. The van der Waals surface area contributed by atoms with Crippen LogP contribution in [0.5, 0.6) is 0 Å². The van der Waals surface area contributed by atoms with Gasteiger partial charge in [0.1, 0.15) is 0 Å². The second-order valence-electron chi connectivity index (χ2n) is 6.32. The summed E-state index contributed by atoms with van der Waals surface area (Å²) in [6.45, 7) is 0.796. The molecule has 3 rings (SSSR count). The lowest BCUT2D eigenvalue weighted by Crippen LogP contribution is -2.50. The second kappa shape index (κ2) is 7.70. The van der Waals surface area contributed by atoms with Crippen LogP contribution in [0.4, 0.5) is 0 Å². The number of hydrogen-bond donors (Lipinski definition) is 2. The Morgan fingerprint density at radius 2 is 1.56 bits per heavy atom. The molecule has 4 nitrogen and oxygen atoms in total. The lowest BCUT2D eigenvalue weighted by molar-refractivity contribution is -0.129. The van der Waals surface area contributed by atoms with Gasteiger partial charge in [-0.2, -0.15) is 0 Å². The first kappa shape index (κ1) is 17.5. The number of carbonyl (C=O) groups is 2. The van der Waals surface area contributed by atoms with Crippen molar-refractivity contribution in [1.82, 2.24) is 10.6 Å². The molecule has 1 aliphatic carbocycles. The number of halogens is 1. The molecule has 0 aliphatic heterocycles. The molecule has 2 N–H and O–H groups in total. The van der Waals surface area contributed by atoms with Crippen molar-refractivity contribution in [3.05, 3.63) is 70.7 Å². The molecular formula is C20H21ClN2O2. The minimum Gasteiger partial charge on any atom is -0.354 e. The maximum Gasteiger partial charge on any atom is 0.251 e. The van der Waals surface area contributed by atoms with E-state index in [1.807, 2.05) is 30.3 Å². The van der Waals surface area contributed by atoms with Crippen molar-refractivity contribution in [2.45, 2.75) is 24.7 Å². The van der Waals surface area contributed by atoms with Crippen LogP contribution in [-0.2, 0) is 10.2 Å². The van der Waals surface area contributed by atoms with Crippen LogP contribution in [0.3, 0.4) is 0 Å². The highest BCUT2D eigenvalue weighted by Gasteiger charge is 2.45. The molecule has 130 valence electrons. The summed E-state index contributed by atoms with van der Waals surface area (Å²) in [5.41, 5.74) is 1.22. The maximum absolute atomic E-state index is 12.7. The number of hydrogen-bond acceptors (Lipinski definition) is 2. The molecule has 2 aromatic carbocycles. The lowest BCUT2D eigenvalue weighted by Gasteiger charge is -2.40. The highest BCUT2D eigenvalue weighted by molar-refractivity contribution is 6.30. The monoisotopic (exact) mass is 356 g/mol. The summed E-state index contributed by atoms with van der Waals surface area (Å²) in [6, 6.07) is 16.6. The van der Waals surface area contributed by atoms with Crippen molar-refractivity contribution in [1.29, 1.82) is 0 Å². The molecule has 1 fully saturated rings. The number of rotatable bonds is 6. The van der Waals surface area contributed by atoms with Crippen LogP contribution in [0, 0.1) is 0 Å². The lowest BCUT2D eigenvalue weighted by atomic mass is 9.64. The Kier molecular flexibility index (Phi) is 5.39. The number of nitrogens with one attached hydrogen (secondary N) is 2. The van der Waals surface area contributed by atoms with E-state index in [2.05, 4.69) is 10.6 Å². The third-order valence-corrected chi connectivity index (χ3v) is 5.02. The fourth-order valence-electron chi connectivity index (χ4n) is 3.16. The van der Waals surface area contributed by atoms with Crippen molar-refractivity contribution < 1.29 is 9.59 Å². The van der Waals surface area contributed by atoms with Gasteiger partial charge in [-0.1, -0.05) is 48.4 Å². The zero-order chi connectivity index (χ0) is 17.7. The summed E-state index contributed by atoms with van der Waals surface area (Å²) < 4.78 is 0. The Morgan fingerprint density at radius 3 is 2.16 bits per heavy atom. The molecular weight excluding hydrogens is 336 g/mol.